The van der Waals surface area contributed by atoms with Crippen molar-refractivity contribution >= 4 is 6.09 Å². The lowest BCUT2D eigenvalue weighted by Crippen LogP contribution is -2.39. The number of amides is 1. The molecule has 0 radical (unpaired) electrons. The summed E-state index contributed by atoms with van der Waals surface area (Å²) in [7, 11) is 0. The third kappa shape index (κ3) is 4.47. The summed E-state index contributed by atoms with van der Waals surface area (Å²) in [5.74, 6) is 0.743. The number of rotatable bonds is 4. The van der Waals surface area contributed by atoms with Gasteiger partial charge in [-0.25, -0.2) is 4.79 Å². The fourth-order valence-electron chi connectivity index (χ4n) is 3.24. The molecular weight excluding hydrogens is 288 g/mol. The number of carbonyl (C=O) groups excluding carboxylic acids is 1. The summed E-state index contributed by atoms with van der Waals surface area (Å²) in [6.07, 6.45) is 3.41. The van der Waals surface area contributed by atoms with Crippen LogP contribution in [0, 0.1) is 5.92 Å². The standard InChI is InChI=1S/C19H28N2O2/c1-19(2,3)23-18(22)21-12-11-16(13-21)20-17(15-9-10-15)14-7-5-4-6-8-14/h4-8,15-17,20H,9-13H2,1-3H3. The van der Waals surface area contributed by atoms with E-state index in [0.717, 1.165) is 25.4 Å². The second-order valence-corrected chi connectivity index (χ2v) is 7.80. The highest BCUT2D eigenvalue weighted by molar-refractivity contribution is 5.68. The maximum atomic E-state index is 12.2. The smallest absolute Gasteiger partial charge is 0.410 e. The van der Waals surface area contributed by atoms with Gasteiger partial charge >= 0.3 is 6.09 Å². The number of hydrogen-bond acceptors (Lipinski definition) is 3. The molecule has 1 N–H and O–H groups in total. The number of hydrogen-bond donors (Lipinski definition) is 1. The molecule has 1 aliphatic carbocycles. The van der Waals surface area contributed by atoms with E-state index in [0.29, 0.717) is 12.1 Å². The number of likely N-dealkylation sites (tertiary alicyclic amines) is 1. The molecule has 1 aromatic rings. The molecule has 1 heterocycles. The van der Waals surface area contributed by atoms with Crippen LogP contribution < -0.4 is 5.32 Å². The first-order valence-corrected chi connectivity index (χ1v) is 8.71. The van der Waals surface area contributed by atoms with Crippen LogP contribution in [0.2, 0.25) is 0 Å². The maximum Gasteiger partial charge on any atom is 0.410 e. The molecule has 4 heteroatoms. The largest absolute Gasteiger partial charge is 0.444 e. The van der Waals surface area contributed by atoms with Gasteiger partial charge in [0.1, 0.15) is 5.60 Å². The summed E-state index contributed by atoms with van der Waals surface area (Å²) in [5.41, 5.74) is 0.939. The fraction of sp³-hybridized carbons (Fsp3) is 0.632. The molecule has 0 spiro atoms. The molecule has 3 rings (SSSR count). The van der Waals surface area contributed by atoms with Crippen LogP contribution in [0.5, 0.6) is 0 Å². The zero-order chi connectivity index (χ0) is 16.4. The molecule has 2 atom stereocenters. The van der Waals surface area contributed by atoms with Crippen molar-refractivity contribution in [1.29, 1.82) is 0 Å². The highest BCUT2D eigenvalue weighted by Gasteiger charge is 2.36. The van der Waals surface area contributed by atoms with Gasteiger partial charge in [-0.1, -0.05) is 30.3 Å². The van der Waals surface area contributed by atoms with Gasteiger partial charge in [-0.05, 0) is 51.5 Å². The first-order valence-electron chi connectivity index (χ1n) is 8.71. The van der Waals surface area contributed by atoms with Gasteiger partial charge in [0, 0.05) is 25.2 Å². The molecule has 0 aromatic heterocycles. The van der Waals surface area contributed by atoms with Crippen LogP contribution in [0.15, 0.2) is 30.3 Å². The van der Waals surface area contributed by atoms with Crippen molar-refractivity contribution in [2.75, 3.05) is 13.1 Å². The van der Waals surface area contributed by atoms with Crippen molar-refractivity contribution in [2.24, 2.45) is 5.92 Å². The van der Waals surface area contributed by atoms with Gasteiger partial charge in [-0.3, -0.25) is 0 Å². The SMILES string of the molecule is CC(C)(C)OC(=O)N1CCC(NC(c2ccccc2)C2CC2)C1. The molecule has 2 unspecified atom stereocenters. The zero-order valence-corrected chi connectivity index (χ0v) is 14.4. The lowest BCUT2D eigenvalue weighted by atomic mass is 10.0. The van der Waals surface area contributed by atoms with E-state index in [1.807, 2.05) is 25.7 Å². The highest BCUT2D eigenvalue weighted by atomic mass is 16.6. The molecule has 1 saturated heterocycles. The van der Waals surface area contributed by atoms with Gasteiger partial charge in [-0.15, -0.1) is 0 Å². The Labute approximate surface area is 139 Å². The van der Waals surface area contributed by atoms with Crippen LogP contribution in [0.25, 0.3) is 0 Å². The highest BCUT2D eigenvalue weighted by Crippen LogP contribution is 2.41. The normalized spacial score (nSPS) is 22.9. The van der Waals surface area contributed by atoms with Crippen LogP contribution in [0.3, 0.4) is 0 Å². The maximum absolute atomic E-state index is 12.2. The second kappa shape index (κ2) is 6.52. The Bertz CT molecular complexity index is 534. The third-order valence-electron chi connectivity index (χ3n) is 4.51. The molecule has 126 valence electrons. The Morgan fingerprint density at radius 2 is 1.91 bits per heavy atom. The van der Waals surface area contributed by atoms with Gasteiger partial charge in [-0.2, -0.15) is 0 Å². The van der Waals surface area contributed by atoms with Gasteiger partial charge in [0.25, 0.3) is 0 Å². The summed E-state index contributed by atoms with van der Waals surface area (Å²) in [6, 6.07) is 11.5. The summed E-state index contributed by atoms with van der Waals surface area (Å²) in [6.45, 7) is 7.25. The molecular formula is C19H28N2O2. The van der Waals surface area contributed by atoms with Gasteiger partial charge in [0.05, 0.1) is 0 Å². The minimum absolute atomic E-state index is 0.190. The minimum atomic E-state index is -0.427. The average Bonchev–Trinajstić information content (AvgIpc) is 3.22. The summed E-state index contributed by atoms with van der Waals surface area (Å²) in [5, 5.41) is 3.79. The first-order chi connectivity index (χ1) is 10.9. The van der Waals surface area contributed by atoms with Crippen molar-refractivity contribution < 1.29 is 9.53 Å². The third-order valence-corrected chi connectivity index (χ3v) is 4.51. The van der Waals surface area contributed by atoms with Gasteiger partial charge < -0.3 is 15.0 Å². The number of nitrogens with one attached hydrogen (secondary N) is 1. The molecule has 1 aliphatic heterocycles. The predicted molar refractivity (Wildman–Crippen MR) is 91.3 cm³/mol. The molecule has 1 saturated carbocycles. The van der Waals surface area contributed by atoms with Gasteiger partial charge in [0.15, 0.2) is 0 Å². The quantitative estimate of drug-likeness (QED) is 0.920. The van der Waals surface area contributed by atoms with Crippen molar-refractivity contribution in [1.82, 2.24) is 10.2 Å². The number of benzene rings is 1. The fourth-order valence-corrected chi connectivity index (χ4v) is 3.24. The first kappa shape index (κ1) is 16.3. The Hall–Kier alpha value is -1.55. The molecule has 2 fully saturated rings. The average molecular weight is 316 g/mol. The van der Waals surface area contributed by atoms with Crippen molar-refractivity contribution in [3.05, 3.63) is 35.9 Å². The summed E-state index contributed by atoms with van der Waals surface area (Å²) >= 11 is 0. The van der Waals surface area contributed by atoms with E-state index in [2.05, 4.69) is 35.6 Å². The van der Waals surface area contributed by atoms with Crippen LogP contribution in [-0.2, 0) is 4.74 Å². The Morgan fingerprint density at radius 1 is 1.22 bits per heavy atom. The van der Waals surface area contributed by atoms with E-state index < -0.39 is 5.60 Å². The second-order valence-electron chi connectivity index (χ2n) is 7.80. The number of ether oxygens (including phenoxy) is 1. The van der Waals surface area contributed by atoms with Crippen molar-refractivity contribution in [3.8, 4) is 0 Å². The zero-order valence-electron chi connectivity index (χ0n) is 14.4. The topological polar surface area (TPSA) is 41.6 Å². The van der Waals surface area contributed by atoms with Crippen LogP contribution >= 0.6 is 0 Å². The lowest BCUT2D eigenvalue weighted by Gasteiger charge is -2.26. The van der Waals surface area contributed by atoms with Gasteiger partial charge in [0.2, 0.25) is 0 Å². The van der Waals surface area contributed by atoms with E-state index in [4.69, 9.17) is 4.74 Å². The minimum Gasteiger partial charge on any atom is -0.444 e. The Balaban J connectivity index is 1.57. The van der Waals surface area contributed by atoms with E-state index in [9.17, 15) is 4.79 Å². The summed E-state index contributed by atoms with van der Waals surface area (Å²) < 4.78 is 5.48. The van der Waals surface area contributed by atoms with Crippen LogP contribution in [-0.4, -0.2) is 35.7 Å². The molecule has 1 aromatic carbocycles. The van der Waals surface area contributed by atoms with E-state index in [-0.39, 0.29) is 6.09 Å². The monoisotopic (exact) mass is 316 g/mol. The van der Waals surface area contributed by atoms with Crippen LogP contribution in [0.1, 0.15) is 51.6 Å². The van der Waals surface area contributed by atoms with E-state index >= 15 is 0 Å². The number of carbonyl (C=O) groups is 1. The van der Waals surface area contributed by atoms with Crippen molar-refractivity contribution in [3.63, 3.8) is 0 Å². The number of nitrogens with zero attached hydrogens (tertiary/aromatic N) is 1. The Kier molecular flexibility index (Phi) is 4.62. The predicted octanol–water partition coefficient (Wildman–Crippen LogP) is 3.74. The molecule has 4 nitrogen and oxygen atoms in total. The van der Waals surface area contributed by atoms with E-state index in [1.165, 1.54) is 18.4 Å². The molecule has 0 bridgehead atoms. The van der Waals surface area contributed by atoms with Crippen molar-refractivity contribution in [2.45, 2.75) is 57.7 Å². The van der Waals surface area contributed by atoms with Crippen LogP contribution in [0.4, 0.5) is 4.79 Å². The lowest BCUT2D eigenvalue weighted by molar-refractivity contribution is 0.0290. The van der Waals surface area contributed by atoms with E-state index in [1.54, 1.807) is 0 Å². The molecule has 2 aliphatic rings. The molecule has 23 heavy (non-hydrogen) atoms. The Morgan fingerprint density at radius 3 is 2.52 bits per heavy atom. The summed E-state index contributed by atoms with van der Waals surface area (Å²) in [4.78, 5) is 14.0. The molecule has 1 amide bonds.